The van der Waals surface area contributed by atoms with Crippen LogP contribution in [-0.4, -0.2) is 20.7 Å². The van der Waals surface area contributed by atoms with Crippen LogP contribution in [0.5, 0.6) is 0 Å². The van der Waals surface area contributed by atoms with Crippen LogP contribution < -0.4 is 5.73 Å². The zero-order chi connectivity index (χ0) is 19.3. The number of fused-ring (bicyclic) bond motifs is 1. The lowest BCUT2D eigenvalue weighted by molar-refractivity contribution is 0.611. The third kappa shape index (κ3) is 3.78. The molecule has 4 aromatic rings. The monoisotopic (exact) mass is 373 g/mol. The number of rotatable bonds is 5. The maximum Gasteiger partial charge on any atom is 0.175 e. The van der Waals surface area contributed by atoms with Crippen molar-refractivity contribution in [2.24, 2.45) is 10.7 Å². The lowest BCUT2D eigenvalue weighted by atomic mass is 10.1. The van der Waals surface area contributed by atoms with Gasteiger partial charge in [-0.05, 0) is 24.3 Å². The molecule has 0 fully saturated rings. The van der Waals surface area contributed by atoms with E-state index in [0.29, 0.717) is 33.9 Å². The lowest BCUT2D eigenvalue weighted by Crippen LogP contribution is -2.07. The van der Waals surface area contributed by atoms with Crippen LogP contribution in [0.25, 0.3) is 16.8 Å². The molecule has 0 bridgehead atoms. The van der Waals surface area contributed by atoms with Crippen molar-refractivity contribution in [3.05, 3.63) is 96.2 Å². The van der Waals surface area contributed by atoms with Gasteiger partial charge in [-0.25, -0.2) is 14.4 Å². The molecule has 2 N–H and O–H groups in total. The van der Waals surface area contributed by atoms with Gasteiger partial charge in [0.15, 0.2) is 11.4 Å². The van der Waals surface area contributed by atoms with Crippen molar-refractivity contribution in [3.8, 4) is 0 Å². The van der Waals surface area contributed by atoms with E-state index in [1.165, 1.54) is 6.07 Å². The lowest BCUT2D eigenvalue weighted by Gasteiger charge is -2.06. The molecule has 0 saturated heterocycles. The predicted octanol–water partition coefficient (Wildman–Crippen LogP) is 3.75. The molecule has 6 nitrogen and oxygen atoms in total. The topological polar surface area (TPSA) is 90.2 Å². The summed E-state index contributed by atoms with van der Waals surface area (Å²) in [5.74, 6) is 0.0710. The summed E-state index contributed by atoms with van der Waals surface area (Å²) in [7, 11) is 0. The van der Waals surface area contributed by atoms with Crippen LogP contribution in [-0.2, 0) is 6.54 Å². The highest BCUT2D eigenvalue weighted by molar-refractivity contribution is 6.12. The van der Waals surface area contributed by atoms with Crippen LogP contribution in [0.15, 0.2) is 82.8 Å². The number of furan rings is 1. The minimum atomic E-state index is -0.312. The minimum Gasteiger partial charge on any atom is -0.463 e. The molecule has 0 saturated carbocycles. The molecular formula is C21H16FN5O. The maximum atomic E-state index is 14.0. The van der Waals surface area contributed by atoms with Crippen molar-refractivity contribution in [2.45, 2.75) is 6.54 Å². The predicted molar refractivity (Wildman–Crippen MR) is 105 cm³/mol. The Bertz CT molecular complexity index is 1170. The number of aliphatic imine (C=N–C) groups is 1. The maximum absolute atomic E-state index is 14.0. The number of nitrogens with zero attached hydrogens (tertiary/aromatic N) is 4. The fourth-order valence-corrected chi connectivity index (χ4v) is 2.66. The summed E-state index contributed by atoms with van der Waals surface area (Å²) in [6.07, 6.45) is 8.11. The van der Waals surface area contributed by atoms with Crippen molar-refractivity contribution in [1.82, 2.24) is 15.0 Å². The quantitative estimate of drug-likeness (QED) is 0.538. The number of pyridine rings is 1. The third-order valence-electron chi connectivity index (χ3n) is 4.09. The molecule has 138 valence electrons. The Kier molecular flexibility index (Phi) is 4.88. The van der Waals surface area contributed by atoms with Gasteiger partial charge in [-0.2, -0.15) is 0 Å². The van der Waals surface area contributed by atoms with E-state index in [1.54, 1.807) is 61.3 Å². The molecule has 0 amide bonds. The van der Waals surface area contributed by atoms with Crippen LogP contribution in [0.1, 0.15) is 17.0 Å². The number of hydrogen-bond acceptors (Lipinski definition) is 6. The van der Waals surface area contributed by atoms with Crippen LogP contribution >= 0.6 is 0 Å². The molecule has 4 rings (SSSR count). The molecule has 0 atom stereocenters. The summed E-state index contributed by atoms with van der Waals surface area (Å²) >= 11 is 0. The van der Waals surface area contributed by atoms with E-state index < -0.39 is 0 Å². The molecule has 3 heterocycles. The molecule has 3 aromatic heterocycles. The van der Waals surface area contributed by atoms with E-state index in [9.17, 15) is 4.39 Å². The van der Waals surface area contributed by atoms with E-state index in [2.05, 4.69) is 19.9 Å². The SMILES string of the molecule is NC(=CC(=NCc1ccccc1F)c1cnc2ccoc2c1)c1ncccn1. The fourth-order valence-electron chi connectivity index (χ4n) is 2.66. The van der Waals surface area contributed by atoms with E-state index in [4.69, 9.17) is 10.2 Å². The van der Waals surface area contributed by atoms with Crippen LogP contribution in [0, 0.1) is 5.82 Å². The first-order valence-electron chi connectivity index (χ1n) is 8.57. The number of halogens is 1. The van der Waals surface area contributed by atoms with Gasteiger partial charge in [0.1, 0.15) is 11.3 Å². The standard InChI is InChI=1S/C21H16FN5O/c22-16-5-2-1-4-14(16)12-27-19(11-17(23)21-24-7-3-8-25-21)15-10-20-18(26-13-15)6-9-28-20/h1-11,13H,12,23H2. The largest absolute Gasteiger partial charge is 0.463 e. The summed E-state index contributed by atoms with van der Waals surface area (Å²) in [5.41, 5.74) is 9.56. The number of allylic oxidation sites excluding steroid dienone is 1. The highest BCUT2D eigenvalue weighted by Crippen LogP contribution is 2.17. The Morgan fingerprint density at radius 3 is 2.75 bits per heavy atom. The van der Waals surface area contributed by atoms with Gasteiger partial charge in [-0.3, -0.25) is 9.98 Å². The molecule has 0 aliphatic heterocycles. The normalized spacial score (nSPS) is 12.5. The number of nitrogens with two attached hydrogens (primary N) is 1. The van der Waals surface area contributed by atoms with Crippen molar-refractivity contribution in [1.29, 1.82) is 0 Å². The summed E-state index contributed by atoms with van der Waals surface area (Å²) < 4.78 is 19.4. The summed E-state index contributed by atoms with van der Waals surface area (Å²) in [6, 6.07) is 11.8. The number of aromatic nitrogens is 3. The molecule has 0 spiro atoms. The van der Waals surface area contributed by atoms with E-state index in [-0.39, 0.29) is 12.4 Å². The van der Waals surface area contributed by atoms with Gasteiger partial charge in [0.2, 0.25) is 0 Å². The molecule has 1 aromatic carbocycles. The number of benzene rings is 1. The summed E-state index contributed by atoms with van der Waals surface area (Å²) in [4.78, 5) is 17.2. The highest BCUT2D eigenvalue weighted by Gasteiger charge is 2.09. The van der Waals surface area contributed by atoms with Gasteiger partial charge in [0.05, 0.1) is 24.2 Å². The average molecular weight is 373 g/mol. The smallest absolute Gasteiger partial charge is 0.175 e. The Labute approximate surface area is 160 Å². The molecule has 0 aliphatic rings. The number of hydrogen-bond donors (Lipinski definition) is 1. The Hall–Kier alpha value is -3.87. The van der Waals surface area contributed by atoms with Gasteiger partial charge in [0.25, 0.3) is 0 Å². The van der Waals surface area contributed by atoms with Crippen LogP contribution in [0.2, 0.25) is 0 Å². The van der Waals surface area contributed by atoms with Crippen molar-refractivity contribution >= 4 is 22.5 Å². The molecule has 7 heteroatoms. The van der Waals surface area contributed by atoms with Gasteiger partial charge in [-0.15, -0.1) is 0 Å². The van der Waals surface area contributed by atoms with Gasteiger partial charge in [0, 0.05) is 35.8 Å². The van der Waals surface area contributed by atoms with Gasteiger partial charge >= 0.3 is 0 Å². The summed E-state index contributed by atoms with van der Waals surface area (Å²) in [5, 5.41) is 0. The molecule has 0 aliphatic carbocycles. The van der Waals surface area contributed by atoms with Crippen LogP contribution in [0.3, 0.4) is 0 Å². The molecular weight excluding hydrogens is 357 g/mol. The minimum absolute atomic E-state index is 0.150. The van der Waals surface area contributed by atoms with E-state index in [1.807, 2.05) is 6.07 Å². The second kappa shape index (κ2) is 7.79. The van der Waals surface area contributed by atoms with Gasteiger partial charge < -0.3 is 10.2 Å². The molecule has 0 unspecified atom stereocenters. The summed E-state index contributed by atoms with van der Waals surface area (Å²) in [6.45, 7) is 0.150. The van der Waals surface area contributed by atoms with Crippen LogP contribution in [0.4, 0.5) is 4.39 Å². The van der Waals surface area contributed by atoms with E-state index in [0.717, 1.165) is 5.52 Å². The zero-order valence-electron chi connectivity index (χ0n) is 14.8. The highest BCUT2D eigenvalue weighted by atomic mass is 19.1. The molecule has 28 heavy (non-hydrogen) atoms. The van der Waals surface area contributed by atoms with Crippen molar-refractivity contribution in [3.63, 3.8) is 0 Å². The molecule has 0 radical (unpaired) electrons. The first kappa shape index (κ1) is 17.5. The Morgan fingerprint density at radius 1 is 1.11 bits per heavy atom. The zero-order valence-corrected chi connectivity index (χ0v) is 14.8. The Balaban J connectivity index is 1.76. The average Bonchev–Trinajstić information content (AvgIpc) is 3.20. The second-order valence-corrected chi connectivity index (χ2v) is 5.99. The van der Waals surface area contributed by atoms with Crippen molar-refractivity contribution < 1.29 is 8.81 Å². The second-order valence-electron chi connectivity index (χ2n) is 5.99. The Morgan fingerprint density at radius 2 is 1.93 bits per heavy atom. The van der Waals surface area contributed by atoms with E-state index >= 15 is 0 Å². The van der Waals surface area contributed by atoms with Gasteiger partial charge in [-0.1, -0.05) is 18.2 Å². The third-order valence-corrected chi connectivity index (χ3v) is 4.09. The van der Waals surface area contributed by atoms with Crippen molar-refractivity contribution in [2.75, 3.05) is 0 Å². The first-order chi connectivity index (χ1) is 13.7. The fraction of sp³-hybridized carbons (Fsp3) is 0.0476. The first-order valence-corrected chi connectivity index (χ1v) is 8.57.